The van der Waals surface area contributed by atoms with E-state index in [0.29, 0.717) is 0 Å². The summed E-state index contributed by atoms with van der Waals surface area (Å²) in [6.45, 7) is 11.1. The molecule has 0 bridgehead atoms. The fourth-order valence-electron chi connectivity index (χ4n) is 5.48. The third-order valence-corrected chi connectivity index (χ3v) is 7.55. The van der Waals surface area contributed by atoms with Crippen LogP contribution in [0.3, 0.4) is 0 Å². The van der Waals surface area contributed by atoms with E-state index < -0.39 is 0 Å². The van der Waals surface area contributed by atoms with Crippen LogP contribution in [-0.4, -0.2) is 5.43 Å². The molecule has 0 aliphatic heterocycles. The molecule has 0 aliphatic rings. The minimum absolute atomic E-state index is 0. The number of fused-ring (bicyclic) bond motifs is 2. The summed E-state index contributed by atoms with van der Waals surface area (Å²) in [5, 5.41) is 5.37. The van der Waals surface area contributed by atoms with E-state index in [0.717, 1.165) is 0 Å². The molecule has 4 heteroatoms. The van der Waals surface area contributed by atoms with Crippen molar-refractivity contribution in [1.82, 2.24) is 0 Å². The van der Waals surface area contributed by atoms with E-state index in [1.54, 1.807) is 23.3 Å². The van der Waals surface area contributed by atoms with Crippen LogP contribution in [0.5, 0.6) is 0 Å². The molecule has 226 valence electrons. The van der Waals surface area contributed by atoms with Crippen molar-refractivity contribution in [2.24, 2.45) is 0 Å². The first kappa shape index (κ1) is 36.5. The van der Waals surface area contributed by atoms with Gasteiger partial charge in [0.15, 0.2) is 0 Å². The molecule has 0 fully saturated rings. The van der Waals surface area contributed by atoms with Crippen LogP contribution in [0.25, 0.3) is 54.9 Å². The van der Waals surface area contributed by atoms with E-state index in [1.165, 1.54) is 71.6 Å². The summed E-state index contributed by atoms with van der Waals surface area (Å²) >= 11 is 1.74. The van der Waals surface area contributed by atoms with E-state index in [2.05, 4.69) is 173 Å². The van der Waals surface area contributed by atoms with Crippen LogP contribution in [0.2, 0.25) is 13.1 Å². The van der Waals surface area contributed by atoms with Gasteiger partial charge in [0.1, 0.15) is 0 Å². The Kier molecular flexibility index (Phi) is 13.8. The Bertz CT molecular complexity index is 1960. The molecule has 7 rings (SSSR count). The van der Waals surface area contributed by atoms with E-state index in [4.69, 9.17) is 0 Å². The van der Waals surface area contributed by atoms with Gasteiger partial charge in [0, 0.05) is 0 Å². The number of hydrogen-bond acceptors (Lipinski definition) is 0. The maximum atomic E-state index is 2.31. The van der Waals surface area contributed by atoms with Crippen LogP contribution < -0.4 is 24.8 Å². The van der Waals surface area contributed by atoms with Crippen molar-refractivity contribution >= 4 is 27.0 Å². The Morgan fingerprint density at radius 2 is 1.09 bits per heavy atom. The molecule has 0 unspecified atom stereocenters. The Morgan fingerprint density at radius 3 is 1.67 bits per heavy atom. The molecule has 0 spiro atoms. The first-order valence-electron chi connectivity index (χ1n) is 14.9. The van der Waals surface area contributed by atoms with Crippen molar-refractivity contribution in [1.29, 1.82) is 0 Å². The number of hydrogen-bond donors (Lipinski definition) is 0. The minimum atomic E-state index is 0. The predicted octanol–water partition coefficient (Wildman–Crippen LogP) is 5.84. The summed E-state index contributed by atoms with van der Waals surface area (Å²) in [6, 6.07) is 50.1. The summed E-state index contributed by atoms with van der Waals surface area (Å²) in [7, 11) is 0. The maximum Gasteiger partial charge on any atom is -0.0259 e. The molecule has 7 aromatic carbocycles. The second kappa shape index (κ2) is 17.1. The van der Waals surface area contributed by atoms with Crippen molar-refractivity contribution in [3.8, 4) is 33.4 Å². The molecular weight excluding hydrogens is 683 g/mol. The first-order chi connectivity index (χ1) is 20.8. The SMILES string of the molecule is C[Si](C)=[Zr+2].Cc1cc2c(-c3ccccc3)ccc(C)c2[cH-]1.Cc1ccc(-c2cc3c(-c4ccccc4)cccc3[cH-]2)cc1.[Cl-].[Cl-]. The monoisotopic (exact) mass is 718 g/mol. The standard InChI is InChI=1S/C22H17.C17H15.C2H6Si.2ClH.Zr/c1-16-10-12-17(13-11-16)20-14-19-8-5-9-21(22(19)15-20)18-6-3-2-4-7-18;1-12-10-16-13(2)8-9-15(17(16)11-12)14-6-4-3-5-7-14;1-3-2;;;/h2-15H,1H3;3-11H,1-2H3;1-2H3;2*1H;/q2*-1;;;;+2/p-2. The van der Waals surface area contributed by atoms with Gasteiger partial charge in [-0.05, 0) is 18.1 Å². The third-order valence-electron chi connectivity index (χ3n) is 7.55. The average molecular weight is 721 g/mol. The quantitative estimate of drug-likeness (QED) is 0.159. The van der Waals surface area contributed by atoms with Gasteiger partial charge in [-0.25, -0.2) is 0 Å². The molecule has 0 saturated carbocycles. The van der Waals surface area contributed by atoms with Gasteiger partial charge in [0.2, 0.25) is 0 Å². The number of halogens is 2. The van der Waals surface area contributed by atoms with Crippen molar-refractivity contribution in [2.75, 3.05) is 0 Å². The van der Waals surface area contributed by atoms with Crippen molar-refractivity contribution in [2.45, 2.75) is 33.9 Å². The Morgan fingerprint density at radius 1 is 0.533 bits per heavy atom. The molecule has 0 amide bonds. The molecular formula is C41H38Cl2SiZr-2. The first-order valence-corrected chi connectivity index (χ1v) is 21.0. The smallest absolute Gasteiger partial charge is 0.0259 e. The molecule has 0 heterocycles. The van der Waals surface area contributed by atoms with E-state index >= 15 is 0 Å². The van der Waals surface area contributed by atoms with Crippen molar-refractivity contribution in [3.05, 3.63) is 156 Å². The van der Waals surface area contributed by atoms with Gasteiger partial charge in [-0.1, -0.05) is 139 Å². The van der Waals surface area contributed by atoms with Gasteiger partial charge in [-0.3, -0.25) is 0 Å². The molecule has 45 heavy (non-hydrogen) atoms. The fraction of sp³-hybridized carbons (Fsp3) is 0.122. The number of benzene rings is 5. The Balaban J connectivity index is 0.000000216. The van der Waals surface area contributed by atoms with E-state index in [9.17, 15) is 0 Å². The maximum absolute atomic E-state index is 2.31. The van der Waals surface area contributed by atoms with Crippen LogP contribution in [0.4, 0.5) is 0 Å². The van der Waals surface area contributed by atoms with Crippen molar-refractivity contribution in [3.63, 3.8) is 0 Å². The second-order valence-electron chi connectivity index (χ2n) is 11.4. The predicted molar refractivity (Wildman–Crippen MR) is 187 cm³/mol. The summed E-state index contributed by atoms with van der Waals surface area (Å²) in [5.74, 6) is 0. The van der Waals surface area contributed by atoms with Crippen LogP contribution in [0.1, 0.15) is 16.7 Å². The zero-order chi connectivity index (χ0) is 30.3. The van der Waals surface area contributed by atoms with Gasteiger partial charge in [0.25, 0.3) is 0 Å². The molecule has 7 aromatic rings. The van der Waals surface area contributed by atoms with Crippen LogP contribution >= 0.6 is 0 Å². The average Bonchev–Trinajstić information content (AvgIpc) is 3.63. The summed E-state index contributed by atoms with van der Waals surface area (Å²) < 4.78 is 0. The molecule has 0 aromatic heterocycles. The second-order valence-corrected chi connectivity index (χ2v) is 20.8. The molecule has 0 aliphatic carbocycles. The van der Waals surface area contributed by atoms with Crippen LogP contribution in [-0.2, 0) is 23.3 Å². The normalized spacial score (nSPS) is 10.1. The molecule has 0 atom stereocenters. The molecule has 0 saturated heterocycles. The number of rotatable bonds is 3. The Hall–Kier alpha value is -3.00. The largest absolute Gasteiger partial charge is 1.00 e. The summed E-state index contributed by atoms with van der Waals surface area (Å²) in [4.78, 5) is 0. The summed E-state index contributed by atoms with van der Waals surface area (Å²) in [6.07, 6.45) is 0. The summed E-state index contributed by atoms with van der Waals surface area (Å²) in [5.41, 5.74) is 12.0. The van der Waals surface area contributed by atoms with E-state index in [-0.39, 0.29) is 30.2 Å². The zero-order valence-corrected chi connectivity index (χ0v) is 31.5. The van der Waals surface area contributed by atoms with Gasteiger partial charge < -0.3 is 24.8 Å². The minimum Gasteiger partial charge on any atom is -1.00 e. The molecule has 0 radical (unpaired) electrons. The zero-order valence-electron chi connectivity index (χ0n) is 26.5. The fourth-order valence-corrected chi connectivity index (χ4v) is 5.48. The third kappa shape index (κ3) is 9.27. The van der Waals surface area contributed by atoms with Gasteiger partial charge in [-0.2, -0.15) is 6.07 Å². The van der Waals surface area contributed by atoms with Gasteiger partial charge >= 0.3 is 41.9 Å². The Labute approximate surface area is 296 Å². The number of aryl methyl sites for hydroxylation is 3. The van der Waals surface area contributed by atoms with Crippen molar-refractivity contribution < 1.29 is 48.1 Å². The van der Waals surface area contributed by atoms with E-state index in [1.807, 2.05) is 0 Å². The topological polar surface area (TPSA) is 0 Å². The van der Waals surface area contributed by atoms with Gasteiger partial charge in [0.05, 0.1) is 0 Å². The molecule has 0 N–H and O–H groups in total. The van der Waals surface area contributed by atoms with Gasteiger partial charge in [-0.15, -0.1) is 68.6 Å². The van der Waals surface area contributed by atoms with Crippen LogP contribution in [0.15, 0.2) is 140 Å². The molecule has 0 nitrogen and oxygen atoms in total. The van der Waals surface area contributed by atoms with Crippen LogP contribution in [0, 0.1) is 20.8 Å².